The molecule has 0 aliphatic rings. The molecule has 1 aromatic heterocycles. The van der Waals surface area contributed by atoms with Crippen molar-refractivity contribution in [2.24, 2.45) is 0 Å². The molecule has 0 atom stereocenters. The Bertz CT molecular complexity index is 511. The molecule has 90 valence electrons. The third-order valence-corrected chi connectivity index (χ3v) is 3.15. The third kappa shape index (κ3) is 2.88. The van der Waals surface area contributed by atoms with Gasteiger partial charge in [-0.15, -0.1) is 11.3 Å². The summed E-state index contributed by atoms with van der Waals surface area (Å²) in [6.07, 6.45) is 0. The highest BCUT2D eigenvalue weighted by atomic mass is 32.1. The minimum atomic E-state index is 0.429. The van der Waals surface area contributed by atoms with Gasteiger partial charge in [0.25, 0.3) is 0 Å². The average molecular weight is 250 g/mol. The van der Waals surface area contributed by atoms with Crippen molar-refractivity contribution in [3.63, 3.8) is 0 Å². The molecule has 0 saturated heterocycles. The molecule has 1 heterocycles. The molecule has 0 amide bonds. The molecule has 0 radical (unpaired) electrons. The van der Waals surface area contributed by atoms with Gasteiger partial charge in [0.15, 0.2) is 11.5 Å². The standard InChI is InChI=1S/C12H14N2O2S/c1-8-7-17-12(14-8)6-16-11-5-9(13)3-4-10(11)15-2/h3-5,7H,6,13H2,1-2H3. The maximum Gasteiger partial charge on any atom is 0.163 e. The van der Waals surface area contributed by atoms with Crippen molar-refractivity contribution in [1.82, 2.24) is 4.98 Å². The van der Waals surface area contributed by atoms with Gasteiger partial charge in [0.1, 0.15) is 11.6 Å². The molecule has 17 heavy (non-hydrogen) atoms. The summed E-state index contributed by atoms with van der Waals surface area (Å²) in [5, 5.41) is 2.93. The number of hydrogen-bond donors (Lipinski definition) is 1. The number of aromatic nitrogens is 1. The van der Waals surface area contributed by atoms with Crippen LogP contribution in [0.25, 0.3) is 0 Å². The van der Waals surface area contributed by atoms with Crippen molar-refractivity contribution in [3.8, 4) is 11.5 Å². The number of benzene rings is 1. The zero-order chi connectivity index (χ0) is 12.3. The molecule has 0 spiro atoms. The summed E-state index contributed by atoms with van der Waals surface area (Å²) in [5.41, 5.74) is 7.36. The van der Waals surface area contributed by atoms with E-state index >= 15 is 0 Å². The predicted octanol–water partition coefficient (Wildman–Crippen LogP) is 2.62. The van der Waals surface area contributed by atoms with E-state index in [0.717, 1.165) is 10.7 Å². The van der Waals surface area contributed by atoms with E-state index in [2.05, 4.69) is 4.98 Å². The molecule has 2 N–H and O–H groups in total. The van der Waals surface area contributed by atoms with Gasteiger partial charge in [0.05, 0.1) is 7.11 Å². The molecule has 0 saturated carbocycles. The smallest absolute Gasteiger partial charge is 0.163 e. The Kier molecular flexibility index (Phi) is 3.49. The molecule has 1 aromatic carbocycles. The van der Waals surface area contributed by atoms with Crippen LogP contribution in [-0.2, 0) is 6.61 Å². The van der Waals surface area contributed by atoms with Crippen molar-refractivity contribution < 1.29 is 9.47 Å². The lowest BCUT2D eigenvalue weighted by molar-refractivity contribution is 0.284. The van der Waals surface area contributed by atoms with Crippen LogP contribution in [0.3, 0.4) is 0 Å². The molecular weight excluding hydrogens is 236 g/mol. The van der Waals surface area contributed by atoms with E-state index in [1.54, 1.807) is 36.6 Å². The Balaban J connectivity index is 2.10. The molecule has 0 bridgehead atoms. The Labute approximate surface area is 104 Å². The summed E-state index contributed by atoms with van der Waals surface area (Å²) in [5.74, 6) is 1.31. The van der Waals surface area contributed by atoms with Gasteiger partial charge in [-0.2, -0.15) is 0 Å². The van der Waals surface area contributed by atoms with Gasteiger partial charge in [-0.05, 0) is 19.1 Å². The van der Waals surface area contributed by atoms with Crippen molar-refractivity contribution in [2.75, 3.05) is 12.8 Å². The number of hydrogen-bond acceptors (Lipinski definition) is 5. The van der Waals surface area contributed by atoms with Gasteiger partial charge in [-0.25, -0.2) is 4.98 Å². The third-order valence-electron chi connectivity index (χ3n) is 2.21. The molecule has 2 rings (SSSR count). The van der Waals surface area contributed by atoms with E-state index in [-0.39, 0.29) is 0 Å². The first-order valence-electron chi connectivity index (χ1n) is 5.16. The summed E-state index contributed by atoms with van der Waals surface area (Å²) in [6.45, 7) is 2.39. The van der Waals surface area contributed by atoms with Crippen molar-refractivity contribution in [3.05, 3.63) is 34.3 Å². The van der Waals surface area contributed by atoms with E-state index in [4.69, 9.17) is 15.2 Å². The molecule has 2 aromatic rings. The highest BCUT2D eigenvalue weighted by Gasteiger charge is 2.06. The zero-order valence-electron chi connectivity index (χ0n) is 9.77. The average Bonchev–Trinajstić information content (AvgIpc) is 2.73. The number of rotatable bonds is 4. The Hall–Kier alpha value is -1.75. The first kappa shape index (κ1) is 11.7. The molecule has 0 fully saturated rings. The van der Waals surface area contributed by atoms with Gasteiger partial charge in [-0.1, -0.05) is 0 Å². The number of nitrogens with two attached hydrogens (primary N) is 1. The quantitative estimate of drug-likeness (QED) is 0.847. The van der Waals surface area contributed by atoms with Crippen LogP contribution < -0.4 is 15.2 Å². The minimum Gasteiger partial charge on any atom is -0.493 e. The first-order chi connectivity index (χ1) is 8.19. The highest BCUT2D eigenvalue weighted by Crippen LogP contribution is 2.29. The molecular formula is C12H14N2O2S. The van der Waals surface area contributed by atoms with Gasteiger partial charge in [-0.3, -0.25) is 0 Å². The lowest BCUT2D eigenvalue weighted by Crippen LogP contribution is -1.98. The fraction of sp³-hybridized carbons (Fsp3) is 0.250. The summed E-state index contributed by atoms with van der Waals surface area (Å²) < 4.78 is 10.8. The maximum atomic E-state index is 5.71. The lowest BCUT2D eigenvalue weighted by Gasteiger charge is -2.09. The van der Waals surface area contributed by atoms with Crippen LogP contribution in [0.5, 0.6) is 11.5 Å². The Morgan fingerprint density at radius 1 is 1.35 bits per heavy atom. The van der Waals surface area contributed by atoms with Crippen LogP contribution >= 0.6 is 11.3 Å². The highest BCUT2D eigenvalue weighted by molar-refractivity contribution is 7.09. The van der Waals surface area contributed by atoms with E-state index in [9.17, 15) is 0 Å². The van der Waals surface area contributed by atoms with Crippen molar-refractivity contribution in [1.29, 1.82) is 0 Å². The van der Waals surface area contributed by atoms with Gasteiger partial charge < -0.3 is 15.2 Å². The van der Waals surface area contributed by atoms with Gasteiger partial charge in [0, 0.05) is 22.8 Å². The fourth-order valence-electron chi connectivity index (χ4n) is 1.41. The van der Waals surface area contributed by atoms with E-state index < -0.39 is 0 Å². The minimum absolute atomic E-state index is 0.429. The zero-order valence-corrected chi connectivity index (χ0v) is 10.6. The van der Waals surface area contributed by atoms with Crippen molar-refractivity contribution in [2.45, 2.75) is 13.5 Å². The fourth-order valence-corrected chi connectivity index (χ4v) is 2.10. The maximum absolute atomic E-state index is 5.71. The summed E-state index contributed by atoms with van der Waals surface area (Å²) in [4.78, 5) is 4.33. The normalized spacial score (nSPS) is 10.2. The summed E-state index contributed by atoms with van der Waals surface area (Å²) in [6, 6.07) is 5.32. The van der Waals surface area contributed by atoms with Crippen LogP contribution in [0.15, 0.2) is 23.6 Å². The SMILES string of the molecule is COc1ccc(N)cc1OCc1nc(C)cs1. The van der Waals surface area contributed by atoms with Crippen LogP contribution in [0.1, 0.15) is 10.7 Å². The van der Waals surface area contributed by atoms with Crippen LogP contribution in [0.4, 0.5) is 5.69 Å². The summed E-state index contributed by atoms with van der Waals surface area (Å²) >= 11 is 1.58. The number of anilines is 1. The van der Waals surface area contributed by atoms with E-state index in [0.29, 0.717) is 23.8 Å². The number of nitrogens with zero attached hydrogens (tertiary/aromatic N) is 1. The number of nitrogen functional groups attached to an aromatic ring is 1. The topological polar surface area (TPSA) is 57.4 Å². The van der Waals surface area contributed by atoms with E-state index in [1.807, 2.05) is 12.3 Å². The van der Waals surface area contributed by atoms with Crippen LogP contribution in [0, 0.1) is 6.92 Å². The van der Waals surface area contributed by atoms with E-state index in [1.165, 1.54) is 0 Å². The Morgan fingerprint density at radius 3 is 2.82 bits per heavy atom. The molecule has 0 aliphatic carbocycles. The molecule has 0 unspecified atom stereocenters. The summed E-state index contributed by atoms with van der Waals surface area (Å²) in [7, 11) is 1.60. The monoisotopic (exact) mass is 250 g/mol. The largest absolute Gasteiger partial charge is 0.493 e. The van der Waals surface area contributed by atoms with Crippen LogP contribution in [0.2, 0.25) is 0 Å². The number of aryl methyl sites for hydroxylation is 1. The second-order valence-corrected chi connectivity index (χ2v) is 4.52. The number of ether oxygens (including phenoxy) is 2. The second-order valence-electron chi connectivity index (χ2n) is 3.58. The first-order valence-corrected chi connectivity index (χ1v) is 6.04. The molecule has 5 heteroatoms. The Morgan fingerprint density at radius 2 is 2.18 bits per heavy atom. The lowest BCUT2D eigenvalue weighted by atomic mass is 10.3. The number of methoxy groups -OCH3 is 1. The predicted molar refractivity (Wildman–Crippen MR) is 68.6 cm³/mol. The van der Waals surface area contributed by atoms with Gasteiger partial charge in [0.2, 0.25) is 0 Å². The van der Waals surface area contributed by atoms with Gasteiger partial charge >= 0.3 is 0 Å². The number of thiazole rings is 1. The van der Waals surface area contributed by atoms with Crippen LogP contribution in [-0.4, -0.2) is 12.1 Å². The second kappa shape index (κ2) is 5.05. The molecule has 4 nitrogen and oxygen atoms in total. The molecule has 0 aliphatic heterocycles. The van der Waals surface area contributed by atoms with Crippen molar-refractivity contribution >= 4 is 17.0 Å².